The van der Waals surface area contributed by atoms with Crippen molar-refractivity contribution in [3.63, 3.8) is 0 Å². The van der Waals surface area contributed by atoms with Gasteiger partial charge in [0.1, 0.15) is 5.15 Å². The molecule has 0 bridgehead atoms. The molecule has 2 nitrogen and oxygen atoms in total. The Hall–Kier alpha value is -0.920. The fourth-order valence-corrected chi connectivity index (χ4v) is 1.35. The largest absolute Gasteiger partial charge is 0.265 e. The van der Waals surface area contributed by atoms with Crippen LogP contribution in [0.2, 0.25) is 10.2 Å². The third-order valence-corrected chi connectivity index (χ3v) is 2.39. The van der Waals surface area contributed by atoms with Gasteiger partial charge in [-0.1, -0.05) is 23.2 Å². The first-order valence-electron chi connectivity index (χ1n) is 3.55. The predicted octanol–water partition coefficient (Wildman–Crippen LogP) is 3.39. The Balaban J connectivity index is 3.31. The summed E-state index contributed by atoms with van der Waals surface area (Å²) in [5, 5.41) is 8.28. The molecule has 0 saturated heterocycles. The quantitative estimate of drug-likeness (QED) is 0.739. The first-order chi connectivity index (χ1) is 6.57. The second-order valence-corrected chi connectivity index (χ2v) is 3.17. The molecule has 74 valence electrons. The monoisotopic (exact) mass is 236 g/mol. The van der Waals surface area contributed by atoms with Crippen LogP contribution in [0.3, 0.4) is 0 Å². The molecule has 0 N–H and O–H groups in total. The SMILES string of the molecule is N#CCc1c(C(F)F)cnc(Cl)c1Cl. The molecule has 0 aliphatic carbocycles. The summed E-state index contributed by atoms with van der Waals surface area (Å²) in [4.78, 5) is 3.49. The van der Waals surface area contributed by atoms with Gasteiger partial charge in [-0.05, 0) is 5.56 Å². The van der Waals surface area contributed by atoms with E-state index >= 15 is 0 Å². The van der Waals surface area contributed by atoms with E-state index in [1.807, 2.05) is 0 Å². The van der Waals surface area contributed by atoms with Gasteiger partial charge in [0.15, 0.2) is 0 Å². The highest BCUT2D eigenvalue weighted by atomic mass is 35.5. The summed E-state index contributed by atoms with van der Waals surface area (Å²) in [7, 11) is 0. The van der Waals surface area contributed by atoms with Crippen molar-refractivity contribution in [2.75, 3.05) is 0 Å². The number of hydrogen-bond acceptors (Lipinski definition) is 2. The molecule has 1 rings (SSSR count). The summed E-state index contributed by atoms with van der Waals surface area (Å²) in [6.07, 6.45) is -1.98. The lowest BCUT2D eigenvalue weighted by atomic mass is 10.1. The molecule has 0 fully saturated rings. The lowest BCUT2D eigenvalue weighted by Gasteiger charge is -2.07. The molecule has 0 saturated carbocycles. The molecule has 6 heteroatoms. The molecule has 0 aromatic carbocycles. The number of aromatic nitrogens is 1. The molecule has 14 heavy (non-hydrogen) atoms. The fraction of sp³-hybridized carbons (Fsp3) is 0.250. The van der Waals surface area contributed by atoms with Crippen LogP contribution in [0.25, 0.3) is 0 Å². The maximum atomic E-state index is 12.4. The summed E-state index contributed by atoms with van der Waals surface area (Å²) in [6.45, 7) is 0. The zero-order valence-corrected chi connectivity index (χ0v) is 8.28. The number of nitriles is 1. The van der Waals surface area contributed by atoms with Gasteiger partial charge in [-0.2, -0.15) is 5.26 Å². The average molecular weight is 237 g/mol. The van der Waals surface area contributed by atoms with Crippen molar-refractivity contribution >= 4 is 23.2 Å². The Bertz CT molecular complexity index is 388. The van der Waals surface area contributed by atoms with E-state index in [1.165, 1.54) is 0 Å². The molecule has 1 aromatic rings. The van der Waals surface area contributed by atoms with Gasteiger partial charge in [0.05, 0.1) is 17.5 Å². The first kappa shape index (κ1) is 11.2. The highest BCUT2D eigenvalue weighted by Crippen LogP contribution is 2.31. The molecule has 0 unspecified atom stereocenters. The highest BCUT2D eigenvalue weighted by molar-refractivity contribution is 6.41. The predicted molar refractivity (Wildman–Crippen MR) is 48.5 cm³/mol. The lowest BCUT2D eigenvalue weighted by molar-refractivity contribution is 0.150. The van der Waals surface area contributed by atoms with Crippen LogP contribution >= 0.6 is 23.2 Å². The van der Waals surface area contributed by atoms with Crippen LogP contribution in [0.4, 0.5) is 8.78 Å². The van der Waals surface area contributed by atoms with Crippen LogP contribution in [-0.4, -0.2) is 4.98 Å². The van der Waals surface area contributed by atoms with E-state index in [9.17, 15) is 8.78 Å². The smallest absolute Gasteiger partial charge is 0.242 e. The summed E-state index contributed by atoms with van der Waals surface area (Å²) in [5.74, 6) is 0. The van der Waals surface area contributed by atoms with Gasteiger partial charge in [-0.3, -0.25) is 0 Å². The number of pyridine rings is 1. The Morgan fingerprint density at radius 3 is 2.64 bits per heavy atom. The van der Waals surface area contributed by atoms with Crippen molar-refractivity contribution in [1.82, 2.24) is 4.98 Å². The topological polar surface area (TPSA) is 36.7 Å². The minimum Gasteiger partial charge on any atom is -0.242 e. The molecule has 0 radical (unpaired) electrons. The van der Waals surface area contributed by atoms with E-state index in [-0.39, 0.29) is 27.7 Å². The van der Waals surface area contributed by atoms with Crippen LogP contribution in [0.1, 0.15) is 17.6 Å². The second kappa shape index (κ2) is 4.54. The van der Waals surface area contributed by atoms with Crippen molar-refractivity contribution in [3.8, 4) is 6.07 Å². The summed E-state index contributed by atoms with van der Waals surface area (Å²) in [5.41, 5.74) is -0.301. The van der Waals surface area contributed by atoms with Gasteiger partial charge in [-0.25, -0.2) is 13.8 Å². The van der Waals surface area contributed by atoms with E-state index in [1.54, 1.807) is 6.07 Å². The Morgan fingerprint density at radius 1 is 1.50 bits per heavy atom. The van der Waals surface area contributed by atoms with Gasteiger partial charge in [0.2, 0.25) is 0 Å². The molecule has 0 aliphatic heterocycles. The highest BCUT2D eigenvalue weighted by Gasteiger charge is 2.18. The normalized spacial score (nSPS) is 10.3. The second-order valence-electron chi connectivity index (χ2n) is 2.43. The summed E-state index contributed by atoms with van der Waals surface area (Å²) < 4.78 is 24.8. The van der Waals surface area contributed by atoms with E-state index in [0.29, 0.717) is 0 Å². The maximum Gasteiger partial charge on any atom is 0.265 e. The van der Waals surface area contributed by atoms with Crippen molar-refractivity contribution in [3.05, 3.63) is 27.5 Å². The maximum absolute atomic E-state index is 12.4. The molecule has 0 aliphatic rings. The van der Waals surface area contributed by atoms with Crippen molar-refractivity contribution in [2.45, 2.75) is 12.8 Å². The van der Waals surface area contributed by atoms with Crippen LogP contribution in [-0.2, 0) is 6.42 Å². The number of nitrogens with zero attached hydrogens (tertiary/aromatic N) is 2. The van der Waals surface area contributed by atoms with Gasteiger partial charge in [0, 0.05) is 11.8 Å². The third kappa shape index (κ3) is 2.11. The number of hydrogen-bond donors (Lipinski definition) is 0. The number of alkyl halides is 2. The van der Waals surface area contributed by atoms with Crippen molar-refractivity contribution in [2.24, 2.45) is 0 Å². The van der Waals surface area contributed by atoms with E-state index in [0.717, 1.165) is 6.20 Å². The lowest BCUT2D eigenvalue weighted by Crippen LogP contribution is -1.97. The Kier molecular flexibility index (Phi) is 3.62. The average Bonchev–Trinajstić information content (AvgIpc) is 2.13. The summed E-state index contributed by atoms with van der Waals surface area (Å²) in [6, 6.07) is 1.74. The van der Waals surface area contributed by atoms with E-state index in [2.05, 4.69) is 4.98 Å². The molecular formula is C8H4Cl2F2N2. The molecule has 0 atom stereocenters. The van der Waals surface area contributed by atoms with Crippen LogP contribution < -0.4 is 0 Å². The zero-order chi connectivity index (χ0) is 10.7. The van der Waals surface area contributed by atoms with Crippen LogP contribution in [0.15, 0.2) is 6.20 Å². The van der Waals surface area contributed by atoms with Crippen molar-refractivity contribution in [1.29, 1.82) is 5.26 Å². The minimum absolute atomic E-state index is 0.0455. The van der Waals surface area contributed by atoms with Crippen LogP contribution in [0, 0.1) is 11.3 Å². The van der Waals surface area contributed by atoms with Gasteiger partial charge >= 0.3 is 0 Å². The Labute approximate surface area is 89.1 Å². The number of rotatable bonds is 2. The van der Waals surface area contributed by atoms with E-state index < -0.39 is 6.43 Å². The van der Waals surface area contributed by atoms with Gasteiger partial charge in [-0.15, -0.1) is 0 Å². The van der Waals surface area contributed by atoms with E-state index in [4.69, 9.17) is 28.5 Å². The molecule has 0 amide bonds. The summed E-state index contributed by atoms with van der Waals surface area (Å²) >= 11 is 11.2. The zero-order valence-electron chi connectivity index (χ0n) is 6.77. The van der Waals surface area contributed by atoms with Gasteiger partial charge < -0.3 is 0 Å². The minimum atomic E-state index is -2.71. The Morgan fingerprint density at radius 2 is 2.14 bits per heavy atom. The van der Waals surface area contributed by atoms with Crippen molar-refractivity contribution < 1.29 is 8.78 Å². The molecule has 1 heterocycles. The molecule has 0 spiro atoms. The van der Waals surface area contributed by atoms with Gasteiger partial charge in [0.25, 0.3) is 6.43 Å². The number of halogens is 4. The third-order valence-electron chi connectivity index (χ3n) is 1.60. The molecule has 1 aromatic heterocycles. The standard InChI is InChI=1S/C8H4Cl2F2N2/c9-6-4(1-2-13)5(8(11)12)3-14-7(6)10/h3,8H,1H2. The fourth-order valence-electron chi connectivity index (χ4n) is 0.959. The molecular weight excluding hydrogens is 233 g/mol. The first-order valence-corrected chi connectivity index (χ1v) is 4.31. The van der Waals surface area contributed by atoms with Crippen LogP contribution in [0.5, 0.6) is 0 Å².